The largest absolute Gasteiger partial charge is 0.459 e. The number of hydrogen-bond acceptors (Lipinski definition) is 7. The molecule has 1 N–H and O–H groups in total. The number of allylic oxidation sites excluding steroid dienone is 1. The molecule has 144 valence electrons. The molecule has 0 radical (unpaired) electrons. The van der Waals surface area contributed by atoms with Crippen molar-refractivity contribution in [3.8, 4) is 0 Å². The number of ketones is 1. The molecule has 0 aliphatic carbocycles. The van der Waals surface area contributed by atoms with Crippen LogP contribution in [-0.4, -0.2) is 66.2 Å². The molecule has 0 aromatic heterocycles. The van der Waals surface area contributed by atoms with Crippen molar-refractivity contribution in [1.29, 1.82) is 0 Å². The summed E-state index contributed by atoms with van der Waals surface area (Å²) in [6.07, 6.45) is 2.86. The maximum atomic E-state index is 12.8. The second-order valence-corrected chi connectivity index (χ2v) is 7.18. The molecule has 2 rings (SSSR count). The van der Waals surface area contributed by atoms with Crippen LogP contribution in [0, 0.1) is 5.92 Å². The van der Waals surface area contributed by atoms with Crippen LogP contribution in [0.4, 0.5) is 0 Å². The normalized spacial score (nSPS) is 36.0. The molecule has 2 bridgehead atoms. The minimum Gasteiger partial charge on any atom is -0.459 e. The fourth-order valence-corrected chi connectivity index (χ4v) is 2.92. The summed E-state index contributed by atoms with van der Waals surface area (Å²) in [4.78, 5) is 39.7. The third kappa shape index (κ3) is 4.40. The number of carbonyl (C=O) groups is 3. The summed E-state index contributed by atoms with van der Waals surface area (Å²) in [5.74, 6) is -2.32. The number of ether oxygens (including phenoxy) is 2. The zero-order valence-corrected chi connectivity index (χ0v) is 15.8. The Hall–Kier alpha value is -1.99. The van der Waals surface area contributed by atoms with Crippen LogP contribution in [0.2, 0.25) is 0 Å². The summed E-state index contributed by atoms with van der Waals surface area (Å²) in [5.41, 5.74) is -1.19. The van der Waals surface area contributed by atoms with E-state index in [2.05, 4.69) is 0 Å². The number of carbonyl (C=O) groups excluding carboxylic acids is 3. The molecule has 2 aliphatic heterocycles. The lowest BCUT2D eigenvalue weighted by molar-refractivity contribution is -0.169. The molecular formula is C19H27NO6. The van der Waals surface area contributed by atoms with Crippen molar-refractivity contribution in [3.05, 3.63) is 23.3 Å². The monoisotopic (exact) mass is 365 g/mol. The highest BCUT2D eigenvalue weighted by Crippen LogP contribution is 2.27. The van der Waals surface area contributed by atoms with Gasteiger partial charge >= 0.3 is 11.9 Å². The number of rotatable bonds is 0. The van der Waals surface area contributed by atoms with E-state index in [0.29, 0.717) is 25.1 Å². The molecule has 2 heterocycles. The van der Waals surface area contributed by atoms with Gasteiger partial charge in [-0.3, -0.25) is 4.79 Å². The van der Waals surface area contributed by atoms with Crippen LogP contribution in [-0.2, 0) is 23.9 Å². The lowest BCUT2D eigenvalue weighted by Gasteiger charge is -2.31. The number of hydrogen-bond donors (Lipinski definition) is 1. The van der Waals surface area contributed by atoms with E-state index in [0.717, 1.165) is 0 Å². The van der Waals surface area contributed by atoms with Gasteiger partial charge in [0.25, 0.3) is 0 Å². The van der Waals surface area contributed by atoms with Gasteiger partial charge in [0.1, 0.15) is 6.61 Å². The van der Waals surface area contributed by atoms with Gasteiger partial charge in [-0.2, -0.15) is 0 Å². The van der Waals surface area contributed by atoms with Crippen molar-refractivity contribution in [3.63, 3.8) is 0 Å². The number of esters is 2. The fraction of sp³-hybridized carbons (Fsp3) is 0.632. The third-order valence-electron chi connectivity index (χ3n) is 5.15. The number of cyclic esters (lactones) is 1. The van der Waals surface area contributed by atoms with Crippen LogP contribution in [0.25, 0.3) is 0 Å². The topological polar surface area (TPSA) is 93.1 Å². The molecule has 0 amide bonds. The summed E-state index contributed by atoms with van der Waals surface area (Å²) in [6.45, 7) is 5.58. The molecule has 0 spiro atoms. The highest BCUT2D eigenvalue weighted by Gasteiger charge is 2.40. The van der Waals surface area contributed by atoms with E-state index < -0.39 is 29.6 Å². The van der Waals surface area contributed by atoms with Gasteiger partial charge < -0.3 is 19.5 Å². The molecule has 7 nitrogen and oxygen atoms in total. The lowest BCUT2D eigenvalue weighted by atomic mass is 9.85. The first-order valence-corrected chi connectivity index (χ1v) is 8.84. The van der Waals surface area contributed by atoms with Gasteiger partial charge in [0, 0.05) is 30.7 Å². The van der Waals surface area contributed by atoms with Gasteiger partial charge in [0.15, 0.2) is 11.7 Å². The Balaban J connectivity index is 2.42. The number of aliphatic hydroxyl groups is 1. The molecule has 0 saturated carbocycles. The van der Waals surface area contributed by atoms with Crippen LogP contribution in [0.3, 0.4) is 0 Å². The Morgan fingerprint density at radius 3 is 2.69 bits per heavy atom. The number of fused-ring (bicyclic) bond motifs is 2. The molecule has 3 atom stereocenters. The zero-order valence-electron chi connectivity index (χ0n) is 15.8. The van der Waals surface area contributed by atoms with Gasteiger partial charge in [0.05, 0.1) is 0 Å². The average molecular weight is 365 g/mol. The maximum Gasteiger partial charge on any atom is 0.338 e. The van der Waals surface area contributed by atoms with E-state index in [1.807, 2.05) is 11.9 Å². The van der Waals surface area contributed by atoms with Crippen LogP contribution in [0.15, 0.2) is 23.3 Å². The highest BCUT2D eigenvalue weighted by molar-refractivity contribution is 6.01. The SMILES string of the molecule is C/C=C1/C[C@@H](C)[C@@](C)(O)C(=O)OC/C2=C/CN(C)CC[C@@H](OC1=O)C2=O. The Morgan fingerprint density at radius 1 is 1.35 bits per heavy atom. The standard InChI is InChI=1S/C19H27NO6/c1-5-13-10-12(2)19(3,24)18(23)25-11-14-6-8-20(4)9-7-15(16(14)21)26-17(13)22/h5-6,12,15,24H,7-11H2,1-4H3/b13-5-,14-6-/t12-,15-,19-/m1/s1. The Bertz CT molecular complexity index is 648. The van der Waals surface area contributed by atoms with Crippen molar-refractivity contribution in [2.24, 2.45) is 5.92 Å². The summed E-state index contributed by atoms with van der Waals surface area (Å²) >= 11 is 0. The van der Waals surface area contributed by atoms with Gasteiger partial charge in [0.2, 0.25) is 5.78 Å². The molecule has 2 aliphatic rings. The maximum absolute atomic E-state index is 12.8. The molecule has 0 aromatic rings. The van der Waals surface area contributed by atoms with Crippen molar-refractivity contribution in [2.45, 2.75) is 45.3 Å². The summed E-state index contributed by atoms with van der Waals surface area (Å²) < 4.78 is 10.7. The van der Waals surface area contributed by atoms with E-state index in [1.54, 1.807) is 26.0 Å². The second-order valence-electron chi connectivity index (χ2n) is 7.18. The van der Waals surface area contributed by atoms with E-state index >= 15 is 0 Å². The van der Waals surface area contributed by atoms with E-state index in [-0.39, 0.29) is 24.4 Å². The van der Waals surface area contributed by atoms with Gasteiger partial charge in [-0.25, -0.2) is 9.59 Å². The first kappa shape index (κ1) is 20.3. The smallest absolute Gasteiger partial charge is 0.338 e. The molecule has 0 aromatic carbocycles. The van der Waals surface area contributed by atoms with Crippen molar-refractivity contribution < 1.29 is 29.0 Å². The minimum atomic E-state index is -1.78. The Kier molecular flexibility index (Phi) is 6.36. The third-order valence-corrected chi connectivity index (χ3v) is 5.15. The highest BCUT2D eigenvalue weighted by atomic mass is 16.6. The molecule has 26 heavy (non-hydrogen) atoms. The van der Waals surface area contributed by atoms with Gasteiger partial charge in [-0.15, -0.1) is 0 Å². The average Bonchev–Trinajstić information content (AvgIpc) is 2.59. The predicted octanol–water partition coefficient (Wildman–Crippen LogP) is 1.01. The van der Waals surface area contributed by atoms with Gasteiger partial charge in [-0.05, 0) is 33.2 Å². The molecule has 7 heteroatoms. The molecule has 0 unspecified atom stereocenters. The molecule has 1 fully saturated rings. The molecular weight excluding hydrogens is 338 g/mol. The zero-order chi connectivity index (χ0) is 19.5. The fourth-order valence-electron chi connectivity index (χ4n) is 2.92. The predicted molar refractivity (Wildman–Crippen MR) is 94.2 cm³/mol. The van der Waals surface area contributed by atoms with Crippen molar-refractivity contribution in [1.82, 2.24) is 4.90 Å². The Morgan fingerprint density at radius 2 is 2.04 bits per heavy atom. The lowest BCUT2D eigenvalue weighted by Crippen LogP contribution is -2.45. The summed E-state index contributed by atoms with van der Waals surface area (Å²) in [7, 11) is 1.89. The van der Waals surface area contributed by atoms with Crippen LogP contribution in [0.1, 0.15) is 33.6 Å². The van der Waals surface area contributed by atoms with Crippen molar-refractivity contribution in [2.75, 3.05) is 26.7 Å². The Labute approximate surface area is 153 Å². The minimum absolute atomic E-state index is 0.140. The number of Topliss-reactive ketones (excluding diaryl/α,β-unsaturated/α-hetero) is 1. The molecule has 1 saturated heterocycles. The van der Waals surface area contributed by atoms with Crippen LogP contribution in [0.5, 0.6) is 0 Å². The summed E-state index contributed by atoms with van der Waals surface area (Å²) in [5, 5.41) is 10.6. The van der Waals surface area contributed by atoms with Crippen LogP contribution >= 0.6 is 0 Å². The van der Waals surface area contributed by atoms with E-state index in [4.69, 9.17) is 9.47 Å². The summed E-state index contributed by atoms with van der Waals surface area (Å²) in [6, 6.07) is 0. The first-order valence-electron chi connectivity index (χ1n) is 8.84. The number of nitrogens with zero attached hydrogens (tertiary/aromatic N) is 1. The van der Waals surface area contributed by atoms with Gasteiger partial charge in [-0.1, -0.05) is 19.1 Å². The number of likely N-dealkylation sites (N-methyl/N-ethyl adjacent to an activating group) is 1. The van der Waals surface area contributed by atoms with Crippen LogP contribution < -0.4 is 0 Å². The quantitative estimate of drug-likeness (QED) is 0.506. The second kappa shape index (κ2) is 8.14. The van der Waals surface area contributed by atoms with E-state index in [9.17, 15) is 19.5 Å². The first-order chi connectivity index (χ1) is 12.2. The van der Waals surface area contributed by atoms with Crippen molar-refractivity contribution >= 4 is 17.7 Å². The van der Waals surface area contributed by atoms with E-state index in [1.165, 1.54) is 6.92 Å².